The monoisotopic (exact) mass is 196 g/mol. The van der Waals surface area contributed by atoms with Gasteiger partial charge in [-0.3, -0.25) is 4.79 Å². The lowest BCUT2D eigenvalue weighted by Gasteiger charge is -2.03. The number of aliphatic carboxylic acids is 1. The summed E-state index contributed by atoms with van der Waals surface area (Å²) in [7, 11) is 0. The van der Waals surface area contributed by atoms with E-state index in [4.69, 9.17) is 5.11 Å². The van der Waals surface area contributed by atoms with E-state index < -0.39 is 23.1 Å². The molecule has 0 radical (unpaired) electrons. The third-order valence-electron chi connectivity index (χ3n) is 1.75. The molecule has 0 heterocycles. The van der Waals surface area contributed by atoms with E-state index in [1.807, 2.05) is 0 Å². The van der Waals surface area contributed by atoms with Crippen molar-refractivity contribution < 1.29 is 24.9 Å². The lowest BCUT2D eigenvalue weighted by Crippen LogP contribution is -2.12. The van der Waals surface area contributed by atoms with Crippen LogP contribution in [0.25, 0.3) is 0 Å². The van der Waals surface area contributed by atoms with Gasteiger partial charge in [-0.15, -0.1) is 0 Å². The molecule has 14 heavy (non-hydrogen) atoms. The summed E-state index contributed by atoms with van der Waals surface area (Å²) < 4.78 is 0. The number of carboxylic acid groups (broad SMARTS) is 1. The first kappa shape index (κ1) is 10.0. The Morgan fingerprint density at radius 1 is 1.14 bits per heavy atom. The lowest BCUT2D eigenvalue weighted by molar-refractivity contribution is -0.131. The topological polar surface area (TPSA) is 94.8 Å². The summed E-state index contributed by atoms with van der Waals surface area (Å²) in [4.78, 5) is 21.3. The zero-order chi connectivity index (χ0) is 10.9. The average Bonchev–Trinajstić information content (AvgIpc) is 2.10. The van der Waals surface area contributed by atoms with E-state index in [1.54, 1.807) is 0 Å². The number of Topliss-reactive ketones (excluding diaryl/α,β-unsaturated/α-hetero) is 1. The molecule has 0 spiro atoms. The summed E-state index contributed by atoms with van der Waals surface area (Å²) in [6, 6.07) is 2.06. The Balaban J connectivity index is 3.29. The molecule has 1 aromatic rings. The second-order valence-electron chi connectivity index (χ2n) is 2.79. The summed E-state index contributed by atoms with van der Waals surface area (Å²) in [5.74, 6) is -3.61. The molecule has 3 N–H and O–H groups in total. The molecule has 74 valence electrons. The number of ketones is 1. The summed E-state index contributed by atoms with van der Waals surface area (Å²) >= 11 is 0. The highest BCUT2D eigenvalue weighted by Crippen LogP contribution is 2.26. The molecule has 5 nitrogen and oxygen atoms in total. The van der Waals surface area contributed by atoms with Crippen LogP contribution < -0.4 is 0 Å². The van der Waals surface area contributed by atoms with Crippen molar-refractivity contribution in [3.63, 3.8) is 0 Å². The predicted molar refractivity (Wildman–Crippen MR) is 46.5 cm³/mol. The van der Waals surface area contributed by atoms with Gasteiger partial charge in [0.1, 0.15) is 11.5 Å². The van der Waals surface area contributed by atoms with Gasteiger partial charge in [0.25, 0.3) is 5.78 Å². The Morgan fingerprint density at radius 3 is 2.21 bits per heavy atom. The number of benzene rings is 1. The molecule has 0 fully saturated rings. The van der Waals surface area contributed by atoms with E-state index in [1.165, 1.54) is 6.92 Å². The molecule has 0 amide bonds. The highest BCUT2D eigenvalue weighted by atomic mass is 16.4. The first-order valence-electron chi connectivity index (χ1n) is 3.73. The maximum absolute atomic E-state index is 11.0. The maximum atomic E-state index is 11.0. The molecular weight excluding hydrogens is 188 g/mol. The second-order valence-corrected chi connectivity index (χ2v) is 2.79. The molecule has 0 aromatic heterocycles. The van der Waals surface area contributed by atoms with Crippen LogP contribution in [0.5, 0.6) is 11.5 Å². The summed E-state index contributed by atoms with van der Waals surface area (Å²) in [5.41, 5.74) is -0.0509. The molecule has 0 unspecified atom stereocenters. The first-order valence-corrected chi connectivity index (χ1v) is 3.73. The van der Waals surface area contributed by atoms with Crippen molar-refractivity contribution in [3.8, 4) is 11.5 Å². The van der Waals surface area contributed by atoms with Crippen molar-refractivity contribution >= 4 is 11.8 Å². The van der Waals surface area contributed by atoms with Crippen LogP contribution in [0.3, 0.4) is 0 Å². The van der Waals surface area contributed by atoms with Crippen molar-refractivity contribution in [2.24, 2.45) is 0 Å². The Kier molecular flexibility index (Phi) is 2.42. The van der Waals surface area contributed by atoms with Gasteiger partial charge in [0.2, 0.25) is 0 Å². The minimum Gasteiger partial charge on any atom is -0.508 e. The smallest absolute Gasteiger partial charge is 0.377 e. The molecule has 0 aliphatic rings. The molecule has 0 saturated carbocycles. The van der Waals surface area contributed by atoms with Crippen LogP contribution in [0, 0.1) is 6.92 Å². The van der Waals surface area contributed by atoms with E-state index in [2.05, 4.69) is 0 Å². The number of carboxylic acids is 1. The van der Waals surface area contributed by atoms with Crippen molar-refractivity contribution in [2.45, 2.75) is 6.92 Å². The number of hydrogen-bond acceptors (Lipinski definition) is 4. The van der Waals surface area contributed by atoms with Crippen LogP contribution in [0.4, 0.5) is 0 Å². The molecular formula is C9H8O5. The number of phenolic OH excluding ortho intramolecular Hbond substituents is 2. The van der Waals surface area contributed by atoms with Crippen LogP contribution in [0.1, 0.15) is 15.9 Å². The van der Waals surface area contributed by atoms with Crippen LogP contribution >= 0.6 is 0 Å². The van der Waals surface area contributed by atoms with E-state index in [9.17, 15) is 19.8 Å². The maximum Gasteiger partial charge on any atom is 0.377 e. The van der Waals surface area contributed by atoms with Crippen molar-refractivity contribution in [1.29, 1.82) is 0 Å². The standard InChI is InChI=1S/C9H8O5/c1-4-2-7(11)5(3-6(4)10)8(12)9(13)14/h2-3,10-11H,1H3,(H,13,14). The first-order chi connectivity index (χ1) is 6.43. The van der Waals surface area contributed by atoms with Gasteiger partial charge in [-0.25, -0.2) is 4.79 Å². The third kappa shape index (κ3) is 1.66. The highest BCUT2D eigenvalue weighted by Gasteiger charge is 2.19. The van der Waals surface area contributed by atoms with E-state index in [-0.39, 0.29) is 5.75 Å². The van der Waals surface area contributed by atoms with Gasteiger partial charge in [-0.2, -0.15) is 0 Å². The number of rotatable bonds is 2. The fraction of sp³-hybridized carbons (Fsp3) is 0.111. The van der Waals surface area contributed by atoms with Crippen molar-refractivity contribution in [3.05, 3.63) is 23.3 Å². The molecule has 0 aliphatic carbocycles. The zero-order valence-electron chi connectivity index (χ0n) is 7.31. The predicted octanol–water partition coefficient (Wildman–Crippen LogP) is 0.674. The van der Waals surface area contributed by atoms with Crippen molar-refractivity contribution in [2.75, 3.05) is 0 Å². The van der Waals surface area contributed by atoms with Gasteiger partial charge >= 0.3 is 5.97 Å². The molecule has 0 atom stereocenters. The highest BCUT2D eigenvalue weighted by molar-refractivity contribution is 6.40. The molecule has 0 bridgehead atoms. The van der Waals surface area contributed by atoms with Crippen LogP contribution in [-0.2, 0) is 4.79 Å². The van der Waals surface area contributed by atoms with Crippen molar-refractivity contribution in [1.82, 2.24) is 0 Å². The van der Waals surface area contributed by atoms with Crippen LogP contribution in [-0.4, -0.2) is 27.1 Å². The second kappa shape index (κ2) is 3.37. The summed E-state index contributed by atoms with van der Waals surface area (Å²) in [6.07, 6.45) is 0. The Hall–Kier alpha value is -2.04. The largest absolute Gasteiger partial charge is 0.508 e. The summed E-state index contributed by atoms with van der Waals surface area (Å²) in [5, 5.41) is 26.8. The fourth-order valence-electron chi connectivity index (χ4n) is 0.978. The number of aryl methyl sites for hydroxylation is 1. The molecule has 1 aromatic carbocycles. The molecule has 5 heteroatoms. The summed E-state index contributed by atoms with van der Waals surface area (Å²) in [6.45, 7) is 1.52. The van der Waals surface area contributed by atoms with Gasteiger partial charge in [-0.05, 0) is 24.6 Å². The number of hydrogen-bond donors (Lipinski definition) is 3. The number of carbonyl (C=O) groups excluding carboxylic acids is 1. The normalized spacial score (nSPS) is 9.79. The average molecular weight is 196 g/mol. The quantitative estimate of drug-likeness (QED) is 0.367. The lowest BCUT2D eigenvalue weighted by atomic mass is 10.1. The van der Waals surface area contributed by atoms with Gasteiger partial charge in [0, 0.05) is 0 Å². The van der Waals surface area contributed by atoms with Crippen LogP contribution in [0.2, 0.25) is 0 Å². The molecule has 0 aliphatic heterocycles. The van der Waals surface area contributed by atoms with E-state index in [0.717, 1.165) is 12.1 Å². The van der Waals surface area contributed by atoms with Crippen LogP contribution in [0.15, 0.2) is 12.1 Å². The minimum absolute atomic E-state index is 0.229. The molecule has 0 saturated heterocycles. The number of phenols is 2. The van der Waals surface area contributed by atoms with E-state index >= 15 is 0 Å². The van der Waals surface area contributed by atoms with Gasteiger partial charge in [0.05, 0.1) is 5.56 Å². The number of aromatic hydroxyl groups is 2. The van der Waals surface area contributed by atoms with Gasteiger partial charge in [-0.1, -0.05) is 0 Å². The van der Waals surface area contributed by atoms with Gasteiger partial charge < -0.3 is 15.3 Å². The number of carbonyl (C=O) groups is 2. The van der Waals surface area contributed by atoms with Gasteiger partial charge in [0.15, 0.2) is 0 Å². The Bertz CT molecular complexity index is 408. The minimum atomic E-state index is -1.68. The SMILES string of the molecule is Cc1cc(O)c(C(=O)C(=O)O)cc1O. The third-order valence-corrected chi connectivity index (χ3v) is 1.75. The Labute approximate surface area is 79.2 Å². The molecule has 1 rings (SSSR count). The zero-order valence-corrected chi connectivity index (χ0v) is 7.31. The fourth-order valence-corrected chi connectivity index (χ4v) is 0.978. The Morgan fingerprint density at radius 2 is 1.71 bits per heavy atom. The van der Waals surface area contributed by atoms with E-state index in [0.29, 0.717) is 5.56 Å².